The van der Waals surface area contributed by atoms with Gasteiger partial charge in [0.05, 0.1) is 5.01 Å². The Hall–Kier alpha value is -2.46. The first-order valence-corrected chi connectivity index (χ1v) is 12.8. The van der Waals surface area contributed by atoms with Gasteiger partial charge in [0, 0.05) is 22.5 Å². The van der Waals surface area contributed by atoms with Crippen molar-refractivity contribution >= 4 is 22.9 Å². The smallest absolute Gasteiger partial charge is 0.275 e. The first-order valence-electron chi connectivity index (χ1n) is 12.0. The summed E-state index contributed by atoms with van der Waals surface area (Å²) in [7, 11) is 0. The molecule has 0 aliphatic heterocycles. The zero-order chi connectivity index (χ0) is 22.5. The van der Waals surface area contributed by atoms with E-state index in [2.05, 4.69) is 50.4 Å². The fourth-order valence-corrected chi connectivity index (χ4v) is 5.69. The van der Waals surface area contributed by atoms with Gasteiger partial charge in [-0.15, -0.1) is 11.3 Å². The largest absolute Gasteiger partial charge is 0.320 e. The lowest BCUT2D eigenvalue weighted by Gasteiger charge is -2.28. The highest BCUT2D eigenvalue weighted by Crippen LogP contribution is 2.39. The van der Waals surface area contributed by atoms with Crippen molar-refractivity contribution in [1.29, 1.82) is 0 Å². The second-order valence-electron chi connectivity index (χ2n) is 9.40. The Labute approximate surface area is 196 Å². The van der Waals surface area contributed by atoms with Crippen LogP contribution in [0.5, 0.6) is 0 Å². The second kappa shape index (κ2) is 10.4. The maximum Gasteiger partial charge on any atom is 0.275 e. The average Bonchev–Trinajstić information content (AvgIpc) is 3.31. The van der Waals surface area contributed by atoms with Crippen molar-refractivity contribution in [2.75, 3.05) is 5.32 Å². The zero-order valence-corrected chi connectivity index (χ0v) is 20.3. The van der Waals surface area contributed by atoms with Crippen LogP contribution in [0.25, 0.3) is 11.1 Å². The van der Waals surface area contributed by atoms with Gasteiger partial charge in [-0.3, -0.25) is 4.79 Å². The molecule has 3 nitrogen and oxygen atoms in total. The number of para-hydroxylation sites is 1. The van der Waals surface area contributed by atoms with Crippen LogP contribution in [-0.2, 0) is 0 Å². The number of carbonyl (C=O) groups excluding carboxylic acids is 1. The molecule has 1 N–H and O–H groups in total. The molecule has 1 aromatic heterocycles. The number of benzene rings is 2. The minimum Gasteiger partial charge on any atom is -0.320 e. The summed E-state index contributed by atoms with van der Waals surface area (Å²) in [5, 5.41) is 6.15. The number of carbonyl (C=O) groups is 1. The van der Waals surface area contributed by atoms with E-state index in [0.717, 1.165) is 33.7 Å². The van der Waals surface area contributed by atoms with Crippen LogP contribution in [0.15, 0.2) is 53.9 Å². The predicted octanol–water partition coefficient (Wildman–Crippen LogP) is 8.08. The van der Waals surface area contributed by atoms with Crippen molar-refractivity contribution in [1.82, 2.24) is 4.98 Å². The molecule has 4 heteroatoms. The van der Waals surface area contributed by atoms with Gasteiger partial charge in [-0.25, -0.2) is 4.98 Å². The Balaban J connectivity index is 1.41. The van der Waals surface area contributed by atoms with Crippen molar-refractivity contribution < 1.29 is 4.79 Å². The Morgan fingerprint density at radius 2 is 1.81 bits per heavy atom. The van der Waals surface area contributed by atoms with Crippen LogP contribution in [0.1, 0.15) is 79.3 Å². The molecule has 32 heavy (non-hydrogen) atoms. The summed E-state index contributed by atoms with van der Waals surface area (Å²) >= 11 is 1.64. The summed E-state index contributed by atoms with van der Waals surface area (Å²) in [6.45, 7) is 6.74. The fourth-order valence-electron chi connectivity index (χ4n) is 4.72. The SMILES string of the molecule is CCC(C)CC1CCC(c2nc(C(=O)Nc3ccccc3-c3ccc(C)cc3)cs2)CC1. The number of hydrogen-bond acceptors (Lipinski definition) is 3. The van der Waals surface area contributed by atoms with Gasteiger partial charge in [0.2, 0.25) is 0 Å². The number of rotatable bonds is 7. The van der Waals surface area contributed by atoms with Gasteiger partial charge >= 0.3 is 0 Å². The van der Waals surface area contributed by atoms with Gasteiger partial charge < -0.3 is 5.32 Å². The number of hydrogen-bond donors (Lipinski definition) is 1. The van der Waals surface area contributed by atoms with Gasteiger partial charge in [-0.2, -0.15) is 0 Å². The number of thiazole rings is 1. The van der Waals surface area contributed by atoms with Gasteiger partial charge in [0.1, 0.15) is 5.69 Å². The van der Waals surface area contributed by atoms with Crippen molar-refractivity contribution in [3.63, 3.8) is 0 Å². The summed E-state index contributed by atoms with van der Waals surface area (Å²) in [6.07, 6.45) is 7.62. The quantitative estimate of drug-likeness (QED) is 0.398. The lowest BCUT2D eigenvalue weighted by Crippen LogP contribution is -2.16. The van der Waals surface area contributed by atoms with Crippen LogP contribution in [0.2, 0.25) is 0 Å². The molecule has 1 atom stereocenters. The van der Waals surface area contributed by atoms with Crippen molar-refractivity contribution in [2.45, 2.75) is 65.2 Å². The second-order valence-corrected chi connectivity index (χ2v) is 10.3. The molecule has 2 aromatic carbocycles. The minimum atomic E-state index is -0.127. The molecule has 1 unspecified atom stereocenters. The van der Waals surface area contributed by atoms with E-state index in [9.17, 15) is 4.79 Å². The van der Waals surface area contributed by atoms with E-state index >= 15 is 0 Å². The molecule has 3 aromatic rings. The highest BCUT2D eigenvalue weighted by molar-refractivity contribution is 7.10. The van der Waals surface area contributed by atoms with Crippen LogP contribution in [0.3, 0.4) is 0 Å². The van der Waals surface area contributed by atoms with E-state index in [4.69, 9.17) is 4.98 Å². The Kier molecular flexibility index (Phi) is 7.41. The monoisotopic (exact) mass is 446 g/mol. The summed E-state index contributed by atoms with van der Waals surface area (Å²) in [6, 6.07) is 16.3. The molecular formula is C28H34N2OS. The molecule has 1 fully saturated rings. The minimum absolute atomic E-state index is 0.127. The van der Waals surface area contributed by atoms with E-state index in [0.29, 0.717) is 11.6 Å². The summed E-state index contributed by atoms with van der Waals surface area (Å²) < 4.78 is 0. The molecule has 1 aliphatic rings. The molecule has 0 spiro atoms. The highest BCUT2D eigenvalue weighted by Gasteiger charge is 2.26. The van der Waals surface area contributed by atoms with E-state index in [1.54, 1.807) is 11.3 Å². The number of aryl methyl sites for hydroxylation is 1. The highest BCUT2D eigenvalue weighted by atomic mass is 32.1. The summed E-state index contributed by atoms with van der Waals surface area (Å²) in [5.74, 6) is 2.07. The third-order valence-corrected chi connectivity index (χ3v) is 7.93. The maximum absolute atomic E-state index is 13.0. The standard InChI is InChI=1S/C28H34N2OS/c1-4-19(2)17-21-11-15-23(16-12-21)28-30-26(18-32-28)27(31)29-25-8-6-5-7-24(25)22-13-9-20(3)10-14-22/h5-10,13-14,18-19,21,23H,4,11-12,15-17H2,1-3H3,(H,29,31). The predicted molar refractivity (Wildman–Crippen MR) is 135 cm³/mol. The first-order chi connectivity index (χ1) is 15.5. The maximum atomic E-state index is 13.0. The third kappa shape index (κ3) is 5.47. The van der Waals surface area contributed by atoms with Crippen LogP contribution in [0, 0.1) is 18.8 Å². The summed E-state index contributed by atoms with van der Waals surface area (Å²) in [4.78, 5) is 17.7. The topological polar surface area (TPSA) is 42.0 Å². The Morgan fingerprint density at radius 3 is 2.53 bits per heavy atom. The third-order valence-electron chi connectivity index (χ3n) is 6.92. The Morgan fingerprint density at radius 1 is 1.09 bits per heavy atom. The molecule has 1 saturated carbocycles. The molecule has 0 saturated heterocycles. The first kappa shape index (κ1) is 22.7. The number of aromatic nitrogens is 1. The molecule has 1 aliphatic carbocycles. The van der Waals surface area contributed by atoms with Gasteiger partial charge in [0.25, 0.3) is 5.91 Å². The van der Waals surface area contributed by atoms with Crippen LogP contribution >= 0.6 is 11.3 Å². The summed E-state index contributed by atoms with van der Waals surface area (Å²) in [5.41, 5.74) is 4.70. The van der Waals surface area contributed by atoms with E-state index < -0.39 is 0 Å². The molecule has 0 bridgehead atoms. The fraction of sp³-hybridized carbons (Fsp3) is 0.429. The number of amides is 1. The van der Waals surface area contributed by atoms with Crippen LogP contribution in [-0.4, -0.2) is 10.9 Å². The van der Waals surface area contributed by atoms with Gasteiger partial charge in [-0.1, -0.05) is 68.3 Å². The van der Waals surface area contributed by atoms with Gasteiger partial charge in [0.15, 0.2) is 0 Å². The lowest BCUT2D eigenvalue weighted by atomic mass is 9.78. The molecule has 1 heterocycles. The number of nitrogens with one attached hydrogen (secondary N) is 1. The normalized spacial score (nSPS) is 19.5. The lowest BCUT2D eigenvalue weighted by molar-refractivity contribution is 0.102. The average molecular weight is 447 g/mol. The van der Waals surface area contributed by atoms with E-state index in [1.165, 1.54) is 44.1 Å². The molecule has 168 valence electrons. The molecule has 1 amide bonds. The van der Waals surface area contributed by atoms with Gasteiger partial charge in [-0.05, 0) is 62.5 Å². The van der Waals surface area contributed by atoms with Crippen LogP contribution < -0.4 is 5.32 Å². The number of nitrogens with zero attached hydrogens (tertiary/aromatic N) is 1. The molecular weight excluding hydrogens is 412 g/mol. The zero-order valence-electron chi connectivity index (χ0n) is 19.4. The van der Waals surface area contributed by atoms with E-state index in [1.807, 2.05) is 29.6 Å². The van der Waals surface area contributed by atoms with Crippen LogP contribution in [0.4, 0.5) is 5.69 Å². The number of anilines is 1. The molecule has 0 radical (unpaired) electrons. The van der Waals surface area contributed by atoms with Crippen molar-refractivity contribution in [2.24, 2.45) is 11.8 Å². The van der Waals surface area contributed by atoms with Crippen molar-refractivity contribution in [3.05, 3.63) is 70.2 Å². The Bertz CT molecular complexity index is 1030. The van der Waals surface area contributed by atoms with Crippen molar-refractivity contribution in [3.8, 4) is 11.1 Å². The van der Waals surface area contributed by atoms with E-state index in [-0.39, 0.29) is 5.91 Å². The molecule has 4 rings (SSSR count).